The summed E-state index contributed by atoms with van der Waals surface area (Å²) in [7, 11) is 4.57. The van der Waals surface area contributed by atoms with Gasteiger partial charge in [0, 0.05) is 4.47 Å². The van der Waals surface area contributed by atoms with Crippen molar-refractivity contribution in [3.63, 3.8) is 0 Å². The van der Waals surface area contributed by atoms with E-state index in [-0.39, 0.29) is 6.61 Å². The summed E-state index contributed by atoms with van der Waals surface area (Å²) in [6, 6.07) is 8.42. The third-order valence-electron chi connectivity index (χ3n) is 3.24. The molecule has 0 atom stereocenters. The Bertz CT molecular complexity index is 723. The van der Waals surface area contributed by atoms with Crippen LogP contribution in [0.25, 0.3) is 0 Å². The van der Waals surface area contributed by atoms with Gasteiger partial charge in [0.1, 0.15) is 6.61 Å². The van der Waals surface area contributed by atoms with Crippen molar-refractivity contribution in [2.75, 3.05) is 21.3 Å². The zero-order chi connectivity index (χ0) is 17.7. The molecule has 0 aromatic heterocycles. The lowest BCUT2D eigenvalue weighted by Crippen LogP contribution is -2.06. The van der Waals surface area contributed by atoms with E-state index in [9.17, 15) is 4.79 Å². The molecule has 0 saturated heterocycles. The SMILES string of the molecule is COc1cc(COC(=O)c2cc(Br)ccc2Cl)cc(OC)c1OC. The summed E-state index contributed by atoms with van der Waals surface area (Å²) in [5, 5.41) is 0.327. The van der Waals surface area contributed by atoms with E-state index in [1.54, 1.807) is 30.3 Å². The first-order valence-electron chi connectivity index (χ1n) is 6.91. The Kier molecular flexibility index (Phi) is 6.34. The highest BCUT2D eigenvalue weighted by molar-refractivity contribution is 9.10. The van der Waals surface area contributed by atoms with Gasteiger partial charge in [-0.2, -0.15) is 0 Å². The molecule has 0 spiro atoms. The number of carbonyl (C=O) groups excluding carboxylic acids is 1. The Labute approximate surface area is 153 Å². The van der Waals surface area contributed by atoms with E-state index >= 15 is 0 Å². The normalized spacial score (nSPS) is 10.2. The van der Waals surface area contributed by atoms with Crippen molar-refractivity contribution >= 4 is 33.5 Å². The maximum Gasteiger partial charge on any atom is 0.340 e. The molecule has 2 rings (SSSR count). The fraction of sp³-hybridized carbons (Fsp3) is 0.235. The molecule has 0 aliphatic heterocycles. The van der Waals surface area contributed by atoms with Gasteiger partial charge in [-0.1, -0.05) is 27.5 Å². The molecule has 7 heteroatoms. The van der Waals surface area contributed by atoms with Gasteiger partial charge in [0.15, 0.2) is 11.5 Å². The second-order valence-electron chi connectivity index (χ2n) is 4.73. The van der Waals surface area contributed by atoms with E-state index in [1.165, 1.54) is 21.3 Å². The van der Waals surface area contributed by atoms with Gasteiger partial charge in [0.05, 0.1) is 31.9 Å². The van der Waals surface area contributed by atoms with E-state index in [2.05, 4.69) is 15.9 Å². The Balaban J connectivity index is 2.19. The van der Waals surface area contributed by atoms with Crippen LogP contribution in [0, 0.1) is 0 Å². The highest BCUT2D eigenvalue weighted by atomic mass is 79.9. The number of benzene rings is 2. The average molecular weight is 416 g/mol. The fourth-order valence-electron chi connectivity index (χ4n) is 2.10. The average Bonchev–Trinajstić information content (AvgIpc) is 2.60. The Hall–Kier alpha value is -1.92. The number of hydrogen-bond acceptors (Lipinski definition) is 5. The number of hydrogen-bond donors (Lipinski definition) is 0. The summed E-state index contributed by atoms with van der Waals surface area (Å²) in [6.07, 6.45) is 0. The van der Waals surface area contributed by atoms with Gasteiger partial charge in [-0.05, 0) is 35.9 Å². The number of carbonyl (C=O) groups is 1. The highest BCUT2D eigenvalue weighted by Crippen LogP contribution is 2.38. The van der Waals surface area contributed by atoms with Crippen molar-refractivity contribution in [2.24, 2.45) is 0 Å². The first kappa shape index (κ1) is 18.4. The number of halogens is 2. The maximum absolute atomic E-state index is 12.2. The van der Waals surface area contributed by atoms with Gasteiger partial charge in [-0.15, -0.1) is 0 Å². The van der Waals surface area contributed by atoms with Gasteiger partial charge >= 0.3 is 5.97 Å². The van der Waals surface area contributed by atoms with Crippen molar-refractivity contribution in [3.05, 3.63) is 51.0 Å². The molecule has 5 nitrogen and oxygen atoms in total. The van der Waals surface area contributed by atoms with Crippen molar-refractivity contribution in [2.45, 2.75) is 6.61 Å². The molecule has 2 aromatic carbocycles. The predicted molar refractivity (Wildman–Crippen MR) is 94.4 cm³/mol. The standard InChI is InChI=1S/C17H16BrClO5/c1-21-14-6-10(7-15(22-2)16(14)23-3)9-24-17(20)12-8-11(18)4-5-13(12)19/h4-8H,9H2,1-3H3. The van der Waals surface area contributed by atoms with Crippen molar-refractivity contribution < 1.29 is 23.7 Å². The molecular formula is C17H16BrClO5. The lowest BCUT2D eigenvalue weighted by atomic mass is 10.2. The largest absolute Gasteiger partial charge is 0.493 e. The van der Waals surface area contributed by atoms with Crippen LogP contribution in [0.1, 0.15) is 15.9 Å². The van der Waals surface area contributed by atoms with Crippen LogP contribution < -0.4 is 14.2 Å². The van der Waals surface area contributed by atoms with Gasteiger partial charge in [0.2, 0.25) is 5.75 Å². The van der Waals surface area contributed by atoms with E-state index in [1.807, 2.05) is 0 Å². The van der Waals surface area contributed by atoms with E-state index in [0.717, 1.165) is 4.47 Å². The molecule has 0 amide bonds. The molecule has 0 radical (unpaired) electrons. The summed E-state index contributed by atoms with van der Waals surface area (Å²) >= 11 is 9.33. The molecule has 128 valence electrons. The van der Waals surface area contributed by atoms with E-state index < -0.39 is 5.97 Å². The summed E-state index contributed by atoms with van der Waals surface area (Å²) in [5.41, 5.74) is 0.988. The molecule has 0 aliphatic carbocycles. The summed E-state index contributed by atoms with van der Waals surface area (Å²) in [6.45, 7) is 0.0401. The molecule has 0 unspecified atom stereocenters. The third kappa shape index (κ3) is 4.13. The van der Waals surface area contributed by atoms with Gasteiger partial charge < -0.3 is 18.9 Å². The molecule has 2 aromatic rings. The highest BCUT2D eigenvalue weighted by Gasteiger charge is 2.16. The first-order valence-corrected chi connectivity index (χ1v) is 8.08. The minimum Gasteiger partial charge on any atom is -0.493 e. The molecule has 0 fully saturated rings. The second-order valence-corrected chi connectivity index (χ2v) is 6.06. The minimum absolute atomic E-state index is 0.0401. The number of ether oxygens (including phenoxy) is 4. The van der Waals surface area contributed by atoms with E-state index in [0.29, 0.717) is 33.4 Å². The van der Waals surface area contributed by atoms with Crippen LogP contribution in [-0.2, 0) is 11.3 Å². The third-order valence-corrected chi connectivity index (χ3v) is 4.07. The Morgan fingerprint density at radius 3 is 2.21 bits per heavy atom. The van der Waals surface area contributed by atoms with Crippen LogP contribution in [0.2, 0.25) is 5.02 Å². The van der Waals surface area contributed by atoms with Gasteiger partial charge in [0.25, 0.3) is 0 Å². The quantitative estimate of drug-likeness (QED) is 0.651. The van der Waals surface area contributed by atoms with Crippen LogP contribution in [0.15, 0.2) is 34.8 Å². The molecule has 0 saturated carbocycles. The molecular weight excluding hydrogens is 400 g/mol. The van der Waals surface area contributed by atoms with Crippen LogP contribution in [-0.4, -0.2) is 27.3 Å². The van der Waals surface area contributed by atoms with Crippen molar-refractivity contribution in [3.8, 4) is 17.2 Å². The van der Waals surface area contributed by atoms with Gasteiger partial charge in [-0.25, -0.2) is 4.79 Å². The zero-order valence-electron chi connectivity index (χ0n) is 13.4. The van der Waals surface area contributed by atoms with Crippen LogP contribution in [0.4, 0.5) is 0 Å². The van der Waals surface area contributed by atoms with Crippen LogP contribution in [0.3, 0.4) is 0 Å². The molecule has 0 aliphatic rings. The Morgan fingerprint density at radius 1 is 1.04 bits per heavy atom. The number of esters is 1. The summed E-state index contributed by atoms with van der Waals surface area (Å²) in [4.78, 5) is 12.2. The monoisotopic (exact) mass is 414 g/mol. The smallest absolute Gasteiger partial charge is 0.340 e. The van der Waals surface area contributed by atoms with E-state index in [4.69, 9.17) is 30.5 Å². The maximum atomic E-state index is 12.2. The topological polar surface area (TPSA) is 54.0 Å². The zero-order valence-corrected chi connectivity index (χ0v) is 15.7. The summed E-state index contributed by atoms with van der Waals surface area (Å²) < 4.78 is 21.9. The van der Waals surface area contributed by atoms with Gasteiger partial charge in [-0.3, -0.25) is 0 Å². The molecule has 0 N–H and O–H groups in total. The molecule has 0 heterocycles. The predicted octanol–water partition coefficient (Wildman–Crippen LogP) is 4.49. The fourth-order valence-corrected chi connectivity index (χ4v) is 2.66. The van der Waals surface area contributed by atoms with Crippen LogP contribution >= 0.6 is 27.5 Å². The number of rotatable bonds is 6. The lowest BCUT2D eigenvalue weighted by Gasteiger charge is -2.14. The van der Waals surface area contributed by atoms with Crippen molar-refractivity contribution in [1.82, 2.24) is 0 Å². The lowest BCUT2D eigenvalue weighted by molar-refractivity contribution is 0.0472. The molecule has 0 bridgehead atoms. The number of methoxy groups -OCH3 is 3. The summed E-state index contributed by atoms with van der Waals surface area (Å²) in [5.74, 6) is 0.937. The first-order chi connectivity index (χ1) is 11.5. The minimum atomic E-state index is -0.518. The molecule has 24 heavy (non-hydrogen) atoms. The van der Waals surface area contributed by atoms with Crippen molar-refractivity contribution in [1.29, 1.82) is 0 Å². The Morgan fingerprint density at radius 2 is 1.67 bits per heavy atom. The van der Waals surface area contributed by atoms with Crippen LogP contribution in [0.5, 0.6) is 17.2 Å². The second kappa shape index (κ2) is 8.26.